The van der Waals surface area contributed by atoms with E-state index in [9.17, 15) is 9.59 Å². The van der Waals surface area contributed by atoms with Gasteiger partial charge in [0.15, 0.2) is 34.6 Å². The molecule has 0 saturated heterocycles. The lowest BCUT2D eigenvalue weighted by molar-refractivity contribution is -0.117. The summed E-state index contributed by atoms with van der Waals surface area (Å²) in [5.41, 5.74) is 3.79. The normalized spacial score (nSPS) is 16.6. The van der Waals surface area contributed by atoms with Crippen molar-refractivity contribution < 1.29 is 33.3 Å². The maximum atomic E-state index is 13.2. The van der Waals surface area contributed by atoms with Crippen molar-refractivity contribution in [2.45, 2.75) is 71.5 Å². The van der Waals surface area contributed by atoms with E-state index in [1.807, 2.05) is 68.4 Å². The van der Waals surface area contributed by atoms with Crippen molar-refractivity contribution in [3.63, 3.8) is 0 Å². The number of hydrogen-bond donors (Lipinski definition) is 0. The first-order chi connectivity index (χ1) is 22.0. The molecule has 8 heteroatoms. The molecule has 0 bridgehead atoms. The van der Waals surface area contributed by atoms with E-state index in [-0.39, 0.29) is 18.2 Å². The van der Waals surface area contributed by atoms with E-state index in [0.29, 0.717) is 96.2 Å². The van der Waals surface area contributed by atoms with Crippen LogP contribution in [-0.4, -0.2) is 24.8 Å². The first-order valence-electron chi connectivity index (χ1n) is 15.7. The highest BCUT2D eigenvalue weighted by Gasteiger charge is 2.42. The minimum Gasteiger partial charge on any atom is -0.490 e. The van der Waals surface area contributed by atoms with Crippen molar-refractivity contribution in [3.8, 4) is 23.0 Å². The number of Topliss-reactive ketones (excluding diaryl/α,β-unsaturated/α-hetero) is 2. The molecular weight excluding hydrogens is 592 g/mol. The molecule has 0 aromatic heterocycles. The maximum absolute atomic E-state index is 13.2. The van der Waals surface area contributed by atoms with Crippen LogP contribution in [0.3, 0.4) is 0 Å². The van der Waals surface area contributed by atoms with E-state index in [1.54, 1.807) is 6.07 Å². The second-order valence-corrected chi connectivity index (χ2v) is 11.7. The molecule has 2 aliphatic carbocycles. The number of ether oxygens (including phenoxy) is 5. The molecule has 3 aromatic rings. The van der Waals surface area contributed by atoms with Crippen LogP contribution in [-0.2, 0) is 27.5 Å². The molecule has 7 nitrogen and oxygen atoms in total. The average Bonchev–Trinajstić information content (AvgIpc) is 3.04. The van der Waals surface area contributed by atoms with Gasteiger partial charge in [-0.1, -0.05) is 48.0 Å². The summed E-state index contributed by atoms with van der Waals surface area (Å²) >= 11 is 6.90. The molecule has 0 radical (unpaired) electrons. The Kier molecular flexibility index (Phi) is 9.45. The Labute approximate surface area is 268 Å². The fraction of sp³-hybridized carbons (Fsp3) is 0.351. The highest BCUT2D eigenvalue weighted by molar-refractivity contribution is 6.32. The predicted octanol–water partition coefficient (Wildman–Crippen LogP) is 8.42. The number of carbonyl (C=O) groups is 2. The van der Waals surface area contributed by atoms with Gasteiger partial charge in [-0.05, 0) is 67.6 Å². The topological polar surface area (TPSA) is 80.3 Å². The van der Waals surface area contributed by atoms with Crippen LogP contribution in [0.25, 0.3) is 0 Å². The van der Waals surface area contributed by atoms with Gasteiger partial charge < -0.3 is 23.7 Å². The standard InChI is InChI=1S/C37H37ClO7/c1-3-41-32-18-24(16-17-29(32)43-21-23-10-6-5-7-11-23)22-44-37-26(38)19-25(20-33(37)42-4-2)34-35-27(39)12-8-14-30(35)45-31-15-9-13-28(40)36(31)34/h5-7,10-11,16-20,34H,3-4,8-9,12-15,21-22H2,1-2H3. The van der Waals surface area contributed by atoms with Crippen molar-refractivity contribution in [1.82, 2.24) is 0 Å². The number of halogens is 1. The van der Waals surface area contributed by atoms with E-state index in [4.69, 9.17) is 35.3 Å². The predicted molar refractivity (Wildman–Crippen MR) is 171 cm³/mol. The molecule has 0 saturated carbocycles. The summed E-state index contributed by atoms with van der Waals surface area (Å²) in [6.45, 7) is 5.32. The summed E-state index contributed by atoms with van der Waals surface area (Å²) in [6, 6.07) is 19.3. The largest absolute Gasteiger partial charge is 0.490 e. The summed E-state index contributed by atoms with van der Waals surface area (Å²) in [5.74, 6) is 2.98. The number of carbonyl (C=O) groups excluding carboxylic acids is 2. The first kappa shape index (κ1) is 30.8. The molecule has 0 N–H and O–H groups in total. The average molecular weight is 629 g/mol. The Morgan fingerprint density at radius 2 is 1.33 bits per heavy atom. The molecule has 0 amide bonds. The quantitative estimate of drug-likeness (QED) is 0.211. The number of rotatable bonds is 11. The van der Waals surface area contributed by atoms with Crippen LogP contribution in [0.15, 0.2) is 83.3 Å². The SMILES string of the molecule is CCOc1cc(COc2c(Cl)cc(C3C4=C(CCCC4=O)OC4=C3C(=O)CCC4)cc2OCC)ccc1OCc1ccccc1. The molecule has 0 spiro atoms. The molecule has 0 fully saturated rings. The van der Waals surface area contributed by atoms with Crippen LogP contribution >= 0.6 is 11.6 Å². The zero-order valence-corrected chi connectivity index (χ0v) is 26.4. The fourth-order valence-corrected chi connectivity index (χ4v) is 6.50. The summed E-state index contributed by atoms with van der Waals surface area (Å²) in [5, 5.41) is 0.339. The molecule has 1 aliphatic heterocycles. The Hall–Kier alpha value is -4.23. The van der Waals surface area contributed by atoms with Gasteiger partial charge in [0.2, 0.25) is 0 Å². The lowest BCUT2D eigenvalue weighted by Crippen LogP contribution is -2.30. The lowest BCUT2D eigenvalue weighted by atomic mass is 9.73. The van der Waals surface area contributed by atoms with Gasteiger partial charge in [0.25, 0.3) is 0 Å². The Morgan fingerprint density at radius 1 is 0.689 bits per heavy atom. The van der Waals surface area contributed by atoms with Crippen molar-refractivity contribution in [3.05, 3.63) is 105 Å². The van der Waals surface area contributed by atoms with Crippen LogP contribution in [0.2, 0.25) is 5.02 Å². The first-order valence-corrected chi connectivity index (χ1v) is 16.1. The second-order valence-electron chi connectivity index (χ2n) is 11.3. The highest BCUT2D eigenvalue weighted by Crippen LogP contribution is 2.50. The fourth-order valence-electron chi connectivity index (χ4n) is 6.23. The molecule has 0 atom stereocenters. The van der Waals surface area contributed by atoms with Crippen LogP contribution in [0.1, 0.15) is 75.0 Å². The zero-order chi connectivity index (χ0) is 31.3. The van der Waals surface area contributed by atoms with Gasteiger partial charge in [-0.3, -0.25) is 9.59 Å². The third-order valence-corrected chi connectivity index (χ3v) is 8.51. The van der Waals surface area contributed by atoms with Gasteiger partial charge in [0.1, 0.15) is 24.7 Å². The molecule has 0 unspecified atom stereocenters. The molecule has 45 heavy (non-hydrogen) atoms. The highest BCUT2D eigenvalue weighted by atomic mass is 35.5. The summed E-state index contributed by atoms with van der Waals surface area (Å²) in [6.07, 6.45) is 3.70. The molecule has 3 aromatic carbocycles. The van der Waals surface area contributed by atoms with Crippen LogP contribution in [0, 0.1) is 0 Å². The van der Waals surface area contributed by atoms with Gasteiger partial charge in [-0.15, -0.1) is 0 Å². The van der Waals surface area contributed by atoms with Crippen LogP contribution in [0.5, 0.6) is 23.0 Å². The molecular formula is C37H37ClO7. The number of ketones is 2. The van der Waals surface area contributed by atoms with E-state index >= 15 is 0 Å². The summed E-state index contributed by atoms with van der Waals surface area (Å²) in [7, 11) is 0. The Morgan fingerprint density at radius 3 is 2.00 bits per heavy atom. The van der Waals surface area contributed by atoms with Gasteiger partial charge in [-0.2, -0.15) is 0 Å². The third-order valence-electron chi connectivity index (χ3n) is 8.23. The minimum absolute atomic E-state index is 0.0156. The number of hydrogen-bond acceptors (Lipinski definition) is 7. The van der Waals surface area contributed by atoms with Crippen LogP contribution < -0.4 is 18.9 Å². The Balaban J connectivity index is 1.28. The zero-order valence-electron chi connectivity index (χ0n) is 25.7. The summed E-state index contributed by atoms with van der Waals surface area (Å²) < 4.78 is 30.4. The molecule has 6 rings (SSSR count). The minimum atomic E-state index is -0.535. The maximum Gasteiger partial charge on any atom is 0.180 e. The smallest absolute Gasteiger partial charge is 0.180 e. The van der Waals surface area contributed by atoms with Crippen molar-refractivity contribution >= 4 is 23.2 Å². The van der Waals surface area contributed by atoms with Crippen molar-refractivity contribution in [2.75, 3.05) is 13.2 Å². The van der Waals surface area contributed by atoms with Gasteiger partial charge >= 0.3 is 0 Å². The molecule has 3 aliphatic rings. The van der Waals surface area contributed by atoms with E-state index < -0.39 is 5.92 Å². The van der Waals surface area contributed by atoms with Gasteiger partial charge in [0.05, 0.1) is 18.2 Å². The number of benzene rings is 3. The third kappa shape index (κ3) is 6.59. The summed E-state index contributed by atoms with van der Waals surface area (Å²) in [4.78, 5) is 26.5. The lowest BCUT2D eigenvalue weighted by Gasteiger charge is -2.36. The van der Waals surface area contributed by atoms with E-state index in [1.165, 1.54) is 0 Å². The van der Waals surface area contributed by atoms with Crippen molar-refractivity contribution in [2.24, 2.45) is 0 Å². The van der Waals surface area contributed by atoms with E-state index in [2.05, 4.69) is 0 Å². The van der Waals surface area contributed by atoms with E-state index in [0.717, 1.165) is 29.5 Å². The number of allylic oxidation sites excluding steroid dienone is 4. The van der Waals surface area contributed by atoms with Crippen molar-refractivity contribution in [1.29, 1.82) is 0 Å². The molecule has 1 heterocycles. The van der Waals surface area contributed by atoms with Gasteiger partial charge in [-0.25, -0.2) is 0 Å². The monoisotopic (exact) mass is 628 g/mol. The van der Waals surface area contributed by atoms with Gasteiger partial charge in [0, 0.05) is 42.7 Å². The Bertz CT molecular complexity index is 1610. The van der Waals surface area contributed by atoms with Crippen LogP contribution in [0.4, 0.5) is 0 Å². The molecule has 234 valence electrons. The second kappa shape index (κ2) is 13.8.